The Balaban J connectivity index is 1.31. The van der Waals surface area contributed by atoms with Crippen LogP contribution >= 0.6 is 0 Å². The first-order valence-electron chi connectivity index (χ1n) is 12.9. The Hall–Kier alpha value is -3.04. The van der Waals surface area contributed by atoms with Gasteiger partial charge in [0.05, 0.1) is 18.5 Å². The number of benzene rings is 1. The molecule has 0 aliphatic carbocycles. The summed E-state index contributed by atoms with van der Waals surface area (Å²) in [5.41, 5.74) is -0.254. The number of carbonyl (C=O) groups is 2. The highest BCUT2D eigenvalue weighted by Crippen LogP contribution is 2.24. The molecule has 3 heterocycles. The molecule has 36 heavy (non-hydrogen) atoms. The van der Waals surface area contributed by atoms with Gasteiger partial charge in [-0.3, -0.25) is 23.9 Å². The number of amides is 2. The van der Waals surface area contributed by atoms with E-state index in [2.05, 4.69) is 9.88 Å². The van der Waals surface area contributed by atoms with E-state index in [1.165, 1.54) is 41.6 Å². The third-order valence-corrected chi connectivity index (χ3v) is 7.34. The smallest absolute Gasteiger partial charge is 0.255 e. The normalized spacial score (nSPS) is 17.8. The first kappa shape index (κ1) is 26.0. The van der Waals surface area contributed by atoms with Gasteiger partial charge in [0, 0.05) is 45.6 Å². The summed E-state index contributed by atoms with van der Waals surface area (Å²) in [6.45, 7) is 5.82. The third kappa shape index (κ3) is 6.79. The van der Waals surface area contributed by atoms with Crippen LogP contribution in [-0.4, -0.2) is 81.1 Å². The largest absolute Gasteiger partial charge is 0.388 e. The molecule has 4 rings (SSSR count). The molecule has 1 N–H and O–H groups in total. The number of nitrogens with zero attached hydrogens (tertiary/aromatic N) is 5. The lowest BCUT2D eigenvalue weighted by atomic mass is 9.91. The molecule has 0 radical (unpaired) electrons. The van der Waals surface area contributed by atoms with Crippen molar-refractivity contribution >= 4 is 17.6 Å². The molecular weight excluding hydrogens is 458 g/mol. The Kier molecular flexibility index (Phi) is 8.53. The van der Waals surface area contributed by atoms with Crippen LogP contribution in [0.1, 0.15) is 44.6 Å². The molecule has 2 aliphatic heterocycles. The van der Waals surface area contributed by atoms with E-state index < -0.39 is 5.60 Å². The maximum Gasteiger partial charge on any atom is 0.255 e. The fourth-order valence-corrected chi connectivity index (χ4v) is 5.07. The number of rotatable bonds is 9. The van der Waals surface area contributed by atoms with Crippen LogP contribution < -0.4 is 10.5 Å². The van der Waals surface area contributed by atoms with Gasteiger partial charge in [-0.1, -0.05) is 30.3 Å². The molecule has 0 bridgehead atoms. The molecule has 9 heteroatoms. The van der Waals surface area contributed by atoms with Crippen molar-refractivity contribution in [1.82, 2.24) is 19.4 Å². The summed E-state index contributed by atoms with van der Waals surface area (Å²) >= 11 is 0. The van der Waals surface area contributed by atoms with Crippen molar-refractivity contribution < 1.29 is 14.7 Å². The van der Waals surface area contributed by atoms with E-state index in [-0.39, 0.29) is 23.9 Å². The monoisotopic (exact) mass is 495 g/mol. The Morgan fingerprint density at radius 1 is 1.08 bits per heavy atom. The highest BCUT2D eigenvalue weighted by Gasteiger charge is 2.34. The zero-order chi connectivity index (χ0) is 25.5. The number of carbonyl (C=O) groups excluding carboxylic acids is 2. The zero-order valence-corrected chi connectivity index (χ0v) is 21.1. The van der Waals surface area contributed by atoms with Crippen molar-refractivity contribution in [1.29, 1.82) is 0 Å². The number of anilines is 1. The molecule has 9 nitrogen and oxygen atoms in total. The number of piperidine rings is 1. The molecule has 1 aromatic heterocycles. The summed E-state index contributed by atoms with van der Waals surface area (Å²) in [7, 11) is 0. The van der Waals surface area contributed by atoms with Gasteiger partial charge in [0.1, 0.15) is 5.82 Å². The molecule has 0 atom stereocenters. The molecular formula is C27H37N5O4. The predicted molar refractivity (Wildman–Crippen MR) is 138 cm³/mol. The van der Waals surface area contributed by atoms with E-state index in [1.807, 2.05) is 30.3 Å². The lowest BCUT2D eigenvalue weighted by molar-refractivity contribution is -0.135. The summed E-state index contributed by atoms with van der Waals surface area (Å²) in [5.74, 6) is 0.276. The van der Waals surface area contributed by atoms with Crippen LogP contribution in [0.4, 0.5) is 5.82 Å². The first-order valence-corrected chi connectivity index (χ1v) is 12.9. The van der Waals surface area contributed by atoms with Gasteiger partial charge in [0.15, 0.2) is 0 Å². The Labute approximate surface area is 212 Å². The van der Waals surface area contributed by atoms with E-state index >= 15 is 0 Å². The van der Waals surface area contributed by atoms with Crippen molar-refractivity contribution in [3.63, 3.8) is 0 Å². The average Bonchev–Trinajstić information content (AvgIpc) is 3.39. The second kappa shape index (κ2) is 11.8. The van der Waals surface area contributed by atoms with Crippen molar-refractivity contribution in [2.75, 3.05) is 44.2 Å². The minimum Gasteiger partial charge on any atom is -0.388 e. The molecule has 2 amide bonds. The predicted octanol–water partition coefficient (Wildman–Crippen LogP) is 1.68. The van der Waals surface area contributed by atoms with Gasteiger partial charge in [-0.05, 0) is 50.8 Å². The number of hydrogen-bond donors (Lipinski definition) is 1. The Morgan fingerprint density at radius 2 is 1.78 bits per heavy atom. The average molecular weight is 496 g/mol. The van der Waals surface area contributed by atoms with Gasteiger partial charge in [0.25, 0.3) is 5.56 Å². The molecule has 194 valence electrons. The van der Waals surface area contributed by atoms with E-state index in [0.29, 0.717) is 51.1 Å². The summed E-state index contributed by atoms with van der Waals surface area (Å²) in [6, 6.07) is 11.3. The van der Waals surface area contributed by atoms with Crippen LogP contribution in [0.5, 0.6) is 0 Å². The van der Waals surface area contributed by atoms with Gasteiger partial charge < -0.3 is 14.9 Å². The molecule has 2 fully saturated rings. The van der Waals surface area contributed by atoms with E-state index in [0.717, 1.165) is 25.2 Å². The van der Waals surface area contributed by atoms with Gasteiger partial charge in [-0.2, -0.15) is 0 Å². The highest BCUT2D eigenvalue weighted by atomic mass is 16.3. The summed E-state index contributed by atoms with van der Waals surface area (Å²) < 4.78 is 1.40. The maximum atomic E-state index is 12.8. The van der Waals surface area contributed by atoms with Crippen LogP contribution in [0.2, 0.25) is 0 Å². The molecule has 0 saturated carbocycles. The van der Waals surface area contributed by atoms with Crippen molar-refractivity contribution in [3.05, 3.63) is 58.6 Å². The standard InChI is InChI=1S/C27H37N5O4/c1-22(33)32(18-17-29-13-5-6-14-29)24-19-26(35)31(21-28-24)20-27(36)11-15-30(16-12-27)25(34)10-9-23-7-3-2-4-8-23/h2-4,7-8,19,21,36H,5-6,9-18,20H2,1H3. The fourth-order valence-electron chi connectivity index (χ4n) is 5.07. The third-order valence-electron chi connectivity index (χ3n) is 7.34. The second-order valence-electron chi connectivity index (χ2n) is 10.0. The molecule has 2 aliphatic rings. The number of aliphatic hydroxyl groups is 1. The van der Waals surface area contributed by atoms with Gasteiger partial charge in [-0.15, -0.1) is 0 Å². The molecule has 1 aromatic carbocycles. The summed E-state index contributed by atoms with van der Waals surface area (Å²) in [6.07, 6.45) is 5.70. The Bertz CT molecular complexity index is 1090. The number of likely N-dealkylation sites (tertiary alicyclic amines) is 2. The van der Waals surface area contributed by atoms with Crippen molar-refractivity contribution in [2.24, 2.45) is 0 Å². The van der Waals surface area contributed by atoms with Gasteiger partial charge >= 0.3 is 0 Å². The van der Waals surface area contributed by atoms with Gasteiger partial charge in [0.2, 0.25) is 11.8 Å². The maximum absolute atomic E-state index is 12.8. The van der Waals surface area contributed by atoms with Gasteiger partial charge in [-0.25, -0.2) is 4.98 Å². The van der Waals surface area contributed by atoms with Crippen LogP contribution in [0.25, 0.3) is 0 Å². The van der Waals surface area contributed by atoms with Crippen LogP contribution in [0.15, 0.2) is 47.5 Å². The SMILES string of the molecule is CC(=O)N(CCN1CCCC1)c1cc(=O)n(CC2(O)CCN(C(=O)CCc3ccccc3)CC2)cn1. The minimum absolute atomic E-state index is 0.0855. The quantitative estimate of drug-likeness (QED) is 0.568. The number of hydrogen-bond acceptors (Lipinski definition) is 6. The minimum atomic E-state index is -1.08. The van der Waals surface area contributed by atoms with Crippen molar-refractivity contribution in [3.8, 4) is 0 Å². The topological polar surface area (TPSA) is 99.0 Å². The summed E-state index contributed by atoms with van der Waals surface area (Å²) in [5, 5.41) is 11.1. The highest BCUT2D eigenvalue weighted by molar-refractivity contribution is 5.90. The first-order chi connectivity index (χ1) is 17.3. The van der Waals surface area contributed by atoms with E-state index in [1.54, 1.807) is 4.90 Å². The number of aromatic nitrogens is 2. The molecule has 2 aromatic rings. The lowest BCUT2D eigenvalue weighted by Crippen LogP contribution is -2.49. The summed E-state index contributed by atoms with van der Waals surface area (Å²) in [4.78, 5) is 47.7. The van der Waals surface area contributed by atoms with E-state index in [4.69, 9.17) is 0 Å². The zero-order valence-electron chi connectivity index (χ0n) is 21.1. The molecule has 0 unspecified atom stereocenters. The fraction of sp³-hybridized carbons (Fsp3) is 0.556. The lowest BCUT2D eigenvalue weighted by Gasteiger charge is -2.38. The number of aryl methyl sites for hydroxylation is 1. The van der Waals surface area contributed by atoms with Crippen LogP contribution in [0.3, 0.4) is 0 Å². The van der Waals surface area contributed by atoms with Crippen LogP contribution in [-0.2, 0) is 22.6 Å². The second-order valence-corrected chi connectivity index (χ2v) is 10.0. The molecule has 0 spiro atoms. The Morgan fingerprint density at radius 3 is 2.42 bits per heavy atom. The molecule has 2 saturated heterocycles. The van der Waals surface area contributed by atoms with E-state index in [9.17, 15) is 19.5 Å². The van der Waals surface area contributed by atoms with Crippen molar-refractivity contribution in [2.45, 2.75) is 57.6 Å². The van der Waals surface area contributed by atoms with Crippen LogP contribution in [0, 0.1) is 0 Å².